The Hall–Kier alpha value is -1.48. The molecule has 0 spiro atoms. The molecule has 3 nitrogen and oxygen atoms in total. The van der Waals surface area contributed by atoms with Crippen molar-refractivity contribution < 1.29 is 0 Å². The van der Waals surface area contributed by atoms with Crippen LogP contribution in [-0.2, 0) is 13.0 Å². The van der Waals surface area contributed by atoms with Gasteiger partial charge in [-0.25, -0.2) is 4.98 Å². The number of fused-ring (bicyclic) bond motifs is 1. The molecule has 0 bridgehead atoms. The molecule has 0 saturated carbocycles. The molecule has 88 valence electrons. The zero-order valence-electron chi connectivity index (χ0n) is 9.49. The van der Waals surface area contributed by atoms with Gasteiger partial charge in [-0.1, -0.05) is 23.7 Å². The molecule has 1 aliphatic rings. The first-order valence-electron chi connectivity index (χ1n) is 5.85. The Morgan fingerprint density at radius 1 is 1.29 bits per heavy atom. The van der Waals surface area contributed by atoms with Gasteiger partial charge in [0.25, 0.3) is 0 Å². The lowest BCUT2D eigenvalue weighted by atomic mass is 10.1. The van der Waals surface area contributed by atoms with Crippen LogP contribution >= 0.6 is 11.6 Å². The maximum Gasteiger partial charge on any atom is 0.126 e. The summed E-state index contributed by atoms with van der Waals surface area (Å²) in [5.74, 6) is 2.26. The summed E-state index contributed by atoms with van der Waals surface area (Å²) in [7, 11) is 0. The smallest absolute Gasteiger partial charge is 0.126 e. The summed E-state index contributed by atoms with van der Waals surface area (Å²) in [5, 5.41) is 4.14. The van der Waals surface area contributed by atoms with E-state index in [0.29, 0.717) is 0 Å². The first-order valence-corrected chi connectivity index (χ1v) is 6.23. The molecular weight excluding hydrogens is 234 g/mol. The summed E-state index contributed by atoms with van der Waals surface area (Å²) in [4.78, 5) is 4.48. The molecule has 1 aromatic carbocycles. The molecule has 0 atom stereocenters. The van der Waals surface area contributed by atoms with Crippen LogP contribution in [0.5, 0.6) is 0 Å². The van der Waals surface area contributed by atoms with Gasteiger partial charge < -0.3 is 9.88 Å². The van der Waals surface area contributed by atoms with E-state index in [2.05, 4.69) is 27.0 Å². The fraction of sp³-hybridized carbons (Fsp3) is 0.308. The maximum absolute atomic E-state index is 5.88. The van der Waals surface area contributed by atoms with Crippen LogP contribution in [0.4, 0.5) is 5.82 Å². The van der Waals surface area contributed by atoms with Crippen LogP contribution < -0.4 is 5.32 Å². The lowest BCUT2D eigenvalue weighted by molar-refractivity contribution is 0.606. The average Bonchev–Trinajstić information content (AvgIpc) is 2.76. The molecule has 2 heterocycles. The van der Waals surface area contributed by atoms with Gasteiger partial charge in [-0.05, 0) is 24.1 Å². The van der Waals surface area contributed by atoms with Gasteiger partial charge in [-0.15, -0.1) is 0 Å². The summed E-state index contributed by atoms with van der Waals surface area (Å²) >= 11 is 5.88. The van der Waals surface area contributed by atoms with E-state index in [1.807, 2.05) is 18.3 Å². The molecule has 0 aliphatic carbocycles. The van der Waals surface area contributed by atoms with Crippen molar-refractivity contribution in [3.63, 3.8) is 0 Å². The minimum Gasteiger partial charge on any atom is -0.370 e. The number of benzene rings is 1. The fourth-order valence-electron chi connectivity index (χ4n) is 2.18. The van der Waals surface area contributed by atoms with Gasteiger partial charge in [-0.3, -0.25) is 0 Å². The van der Waals surface area contributed by atoms with Crippen LogP contribution in [0.25, 0.3) is 0 Å². The Kier molecular flexibility index (Phi) is 2.77. The molecule has 0 unspecified atom stereocenters. The van der Waals surface area contributed by atoms with Crippen molar-refractivity contribution >= 4 is 17.4 Å². The number of hydrogen-bond acceptors (Lipinski definition) is 2. The molecule has 0 amide bonds. The predicted octanol–water partition coefficient (Wildman–Crippen LogP) is 2.94. The number of aromatic nitrogens is 2. The highest BCUT2D eigenvalue weighted by atomic mass is 35.5. The van der Waals surface area contributed by atoms with Gasteiger partial charge >= 0.3 is 0 Å². The first kappa shape index (κ1) is 10.7. The number of halogens is 1. The van der Waals surface area contributed by atoms with E-state index < -0.39 is 0 Å². The Labute approximate surface area is 105 Å². The minimum atomic E-state index is 0.778. The molecule has 0 fully saturated rings. The van der Waals surface area contributed by atoms with Crippen LogP contribution in [0, 0.1) is 0 Å². The quantitative estimate of drug-likeness (QED) is 0.884. The standard InChI is InChI=1S/C13H14ClN3/c14-11-4-2-10(3-5-11)8-12-16-9-13-15-6-1-7-17(12)13/h2-5,9,15H,1,6-8H2. The largest absolute Gasteiger partial charge is 0.370 e. The van der Waals surface area contributed by atoms with Crippen molar-refractivity contribution in [2.24, 2.45) is 0 Å². The molecule has 4 heteroatoms. The summed E-state index contributed by atoms with van der Waals surface area (Å²) in [6, 6.07) is 7.96. The van der Waals surface area contributed by atoms with Crippen LogP contribution in [0.3, 0.4) is 0 Å². The van der Waals surface area contributed by atoms with Crippen molar-refractivity contribution in [1.82, 2.24) is 9.55 Å². The molecule has 1 N–H and O–H groups in total. The summed E-state index contributed by atoms with van der Waals surface area (Å²) in [6.07, 6.45) is 3.94. The van der Waals surface area contributed by atoms with Crippen LogP contribution in [-0.4, -0.2) is 16.1 Å². The Morgan fingerprint density at radius 3 is 2.94 bits per heavy atom. The second-order valence-corrected chi connectivity index (χ2v) is 4.73. The average molecular weight is 248 g/mol. The third-order valence-corrected chi connectivity index (χ3v) is 3.33. The normalized spacial score (nSPS) is 14.2. The monoisotopic (exact) mass is 247 g/mol. The molecule has 3 rings (SSSR count). The van der Waals surface area contributed by atoms with Gasteiger partial charge in [0.1, 0.15) is 11.6 Å². The predicted molar refractivity (Wildman–Crippen MR) is 69.6 cm³/mol. The SMILES string of the molecule is Clc1ccc(Cc2ncc3n2CCCN3)cc1. The van der Waals surface area contributed by atoms with E-state index >= 15 is 0 Å². The van der Waals surface area contributed by atoms with Crippen LogP contribution in [0.15, 0.2) is 30.5 Å². The fourth-order valence-corrected chi connectivity index (χ4v) is 2.31. The van der Waals surface area contributed by atoms with Gasteiger partial charge in [0, 0.05) is 24.5 Å². The molecule has 1 aliphatic heterocycles. The highest BCUT2D eigenvalue weighted by molar-refractivity contribution is 6.30. The molecule has 0 radical (unpaired) electrons. The van der Waals surface area contributed by atoms with E-state index in [9.17, 15) is 0 Å². The number of imidazole rings is 1. The third-order valence-electron chi connectivity index (χ3n) is 3.08. The summed E-state index contributed by atoms with van der Waals surface area (Å²) < 4.78 is 2.26. The second-order valence-electron chi connectivity index (χ2n) is 4.29. The lowest BCUT2D eigenvalue weighted by Crippen LogP contribution is -2.18. The van der Waals surface area contributed by atoms with Crippen LogP contribution in [0.2, 0.25) is 5.02 Å². The Bertz CT molecular complexity index is 516. The van der Waals surface area contributed by atoms with E-state index in [4.69, 9.17) is 11.6 Å². The van der Waals surface area contributed by atoms with Crippen molar-refractivity contribution in [3.8, 4) is 0 Å². The zero-order valence-corrected chi connectivity index (χ0v) is 10.2. The third kappa shape index (κ3) is 2.15. The number of hydrogen-bond donors (Lipinski definition) is 1. The molecule has 1 aromatic heterocycles. The molecular formula is C13H14ClN3. The van der Waals surface area contributed by atoms with Crippen molar-refractivity contribution in [2.45, 2.75) is 19.4 Å². The van der Waals surface area contributed by atoms with E-state index in [-0.39, 0.29) is 0 Å². The Morgan fingerprint density at radius 2 is 2.12 bits per heavy atom. The lowest BCUT2D eigenvalue weighted by Gasteiger charge is -2.18. The van der Waals surface area contributed by atoms with Gasteiger partial charge in [0.05, 0.1) is 6.20 Å². The second kappa shape index (κ2) is 4.41. The minimum absolute atomic E-state index is 0.778. The highest BCUT2D eigenvalue weighted by Gasteiger charge is 2.13. The van der Waals surface area contributed by atoms with Crippen molar-refractivity contribution in [1.29, 1.82) is 0 Å². The van der Waals surface area contributed by atoms with Gasteiger partial charge in [0.2, 0.25) is 0 Å². The number of anilines is 1. The Balaban J connectivity index is 1.85. The highest BCUT2D eigenvalue weighted by Crippen LogP contribution is 2.19. The van der Waals surface area contributed by atoms with Gasteiger partial charge in [-0.2, -0.15) is 0 Å². The maximum atomic E-state index is 5.88. The van der Waals surface area contributed by atoms with Crippen molar-refractivity contribution in [2.75, 3.05) is 11.9 Å². The number of nitrogens with one attached hydrogen (secondary N) is 1. The number of rotatable bonds is 2. The topological polar surface area (TPSA) is 29.9 Å². The molecule has 17 heavy (non-hydrogen) atoms. The van der Waals surface area contributed by atoms with Crippen molar-refractivity contribution in [3.05, 3.63) is 46.9 Å². The zero-order chi connectivity index (χ0) is 11.7. The summed E-state index contributed by atoms with van der Waals surface area (Å²) in [5.41, 5.74) is 1.24. The summed E-state index contributed by atoms with van der Waals surface area (Å²) in [6.45, 7) is 2.11. The van der Waals surface area contributed by atoms with Crippen LogP contribution in [0.1, 0.15) is 17.8 Å². The molecule has 0 saturated heterocycles. The van der Waals surface area contributed by atoms with E-state index in [1.54, 1.807) is 0 Å². The van der Waals surface area contributed by atoms with E-state index in [1.165, 1.54) is 5.56 Å². The van der Waals surface area contributed by atoms with Gasteiger partial charge in [0.15, 0.2) is 0 Å². The number of nitrogens with zero attached hydrogens (tertiary/aromatic N) is 2. The van der Waals surface area contributed by atoms with E-state index in [0.717, 1.165) is 42.6 Å². The molecule has 2 aromatic rings. The first-order chi connectivity index (χ1) is 8.33.